The molecule has 2 fully saturated rings. The second-order valence-corrected chi connectivity index (χ2v) is 17.9. The number of aromatic hydroxyl groups is 1. The van der Waals surface area contributed by atoms with Crippen LogP contribution in [-0.4, -0.2) is 86.0 Å². The fourth-order valence-electron chi connectivity index (χ4n) is 10.7. The predicted molar refractivity (Wildman–Crippen MR) is 233 cm³/mol. The predicted octanol–water partition coefficient (Wildman–Crippen LogP) is 5.56. The molecule has 2 saturated heterocycles. The lowest BCUT2D eigenvalue weighted by Gasteiger charge is -2.59. The zero-order chi connectivity index (χ0) is 44.6. The van der Waals surface area contributed by atoms with E-state index in [4.69, 9.17) is 33.2 Å². The number of rotatable bonds is 6. The zero-order valence-corrected chi connectivity index (χ0v) is 36.6. The van der Waals surface area contributed by atoms with Crippen LogP contribution in [0.5, 0.6) is 40.2 Å². The summed E-state index contributed by atoms with van der Waals surface area (Å²) in [5.74, 6) is 0.383. The molecule has 4 aromatic rings. The van der Waals surface area contributed by atoms with E-state index in [1.165, 1.54) is 39.0 Å². The summed E-state index contributed by atoms with van der Waals surface area (Å²) in [5.41, 5.74) is 4.91. The third-order valence-electron chi connectivity index (χ3n) is 13.3. The zero-order valence-electron chi connectivity index (χ0n) is 35.8. The summed E-state index contributed by atoms with van der Waals surface area (Å²) in [4.78, 5) is 43.3. The highest BCUT2D eigenvalue weighted by Gasteiger charge is 2.60. The molecule has 3 N–H and O–H groups in total. The lowest BCUT2D eigenvalue weighted by Crippen LogP contribution is -2.69. The van der Waals surface area contributed by atoms with Crippen molar-refractivity contribution >= 4 is 35.7 Å². The molecule has 330 valence electrons. The summed E-state index contributed by atoms with van der Waals surface area (Å²) in [7, 11) is 2.99. The number of piperazine rings is 1. The Bertz CT molecular complexity index is 2700. The molecule has 2 unspecified atom stereocenters. The first-order valence-electron chi connectivity index (χ1n) is 21.1. The number of hydrogen-bond acceptors (Lipinski definition) is 16. The van der Waals surface area contributed by atoms with Crippen molar-refractivity contribution in [3.05, 3.63) is 105 Å². The first kappa shape index (κ1) is 41.7. The van der Waals surface area contributed by atoms with E-state index in [0.717, 1.165) is 22.3 Å². The number of carbonyl (C=O) groups is 3. The smallest absolute Gasteiger partial charge is 0.336 e. The van der Waals surface area contributed by atoms with E-state index in [1.54, 1.807) is 18.2 Å². The standard InChI is InChI=1S/C48H46N4O11S/c1-23-15-28-16-30-31(19-49)52-32-20-59-47(56)48(29-18-33(57-4)34(17-27(29)13-14-50-48)63-35(54)12-11-26-9-7-6-8-10-26)21-64-46(40(52)39(51-30)36(28)41(55)42(23)58-5)38-37(32)45-44(60-22-61-45)24(2)43(38)62-25(3)53/h6-12,15,17-18,30-32,39-40,46,50-51,55H,13-14,16,20-22H2,1-5H3/t30?,31-,32-,39+,40?,46+,48+/m0/s1. The van der Waals surface area contributed by atoms with Gasteiger partial charge in [0, 0.05) is 59.6 Å². The van der Waals surface area contributed by atoms with E-state index in [-0.39, 0.29) is 42.4 Å². The minimum atomic E-state index is -1.44. The molecule has 0 saturated carbocycles. The molecule has 1 spiro atoms. The number of benzene rings is 4. The van der Waals surface area contributed by atoms with Gasteiger partial charge in [0.15, 0.2) is 40.0 Å². The highest BCUT2D eigenvalue weighted by Crippen LogP contribution is 2.63. The van der Waals surface area contributed by atoms with Gasteiger partial charge in [-0.3, -0.25) is 15.0 Å². The summed E-state index contributed by atoms with van der Waals surface area (Å²) in [6.45, 7) is 5.13. The number of nitriles is 1. The van der Waals surface area contributed by atoms with Crippen molar-refractivity contribution in [2.24, 2.45) is 0 Å². The number of methoxy groups -OCH3 is 2. The Hall–Kier alpha value is -6.25. The molecule has 0 aliphatic carbocycles. The van der Waals surface area contributed by atoms with Gasteiger partial charge in [-0.05, 0) is 72.7 Å². The Labute approximate surface area is 373 Å². The van der Waals surface area contributed by atoms with Crippen molar-refractivity contribution in [1.82, 2.24) is 15.5 Å². The largest absolute Gasteiger partial charge is 0.504 e. The van der Waals surface area contributed by atoms with Crippen LogP contribution in [0.2, 0.25) is 0 Å². The molecule has 15 nitrogen and oxygen atoms in total. The van der Waals surface area contributed by atoms with Gasteiger partial charge in [0.25, 0.3) is 0 Å². The first-order chi connectivity index (χ1) is 31.0. The number of hydrogen-bond donors (Lipinski definition) is 3. The number of carbonyl (C=O) groups excluding carboxylic acids is 3. The third kappa shape index (κ3) is 6.47. The van der Waals surface area contributed by atoms with Gasteiger partial charge >= 0.3 is 17.9 Å². The molecule has 7 heterocycles. The summed E-state index contributed by atoms with van der Waals surface area (Å²) >= 11 is 1.45. The van der Waals surface area contributed by atoms with Gasteiger partial charge in [0.2, 0.25) is 6.79 Å². The van der Waals surface area contributed by atoms with E-state index in [2.05, 4.69) is 21.6 Å². The molecule has 7 atom stereocenters. The topological polar surface area (TPSA) is 187 Å². The second kappa shape index (κ2) is 16.1. The monoisotopic (exact) mass is 886 g/mol. The van der Waals surface area contributed by atoms with Crippen LogP contribution >= 0.6 is 11.8 Å². The van der Waals surface area contributed by atoms with Crippen LogP contribution in [0, 0.1) is 25.2 Å². The number of nitrogens with one attached hydrogen (secondary N) is 2. The van der Waals surface area contributed by atoms with E-state index < -0.39 is 52.9 Å². The van der Waals surface area contributed by atoms with Crippen LogP contribution in [-0.2, 0) is 37.5 Å². The molecule has 0 amide bonds. The normalized spacial score (nSPS) is 26.2. The van der Waals surface area contributed by atoms with E-state index in [0.29, 0.717) is 70.2 Å². The number of nitrogens with zero attached hydrogens (tertiary/aromatic N) is 2. The molecule has 16 heteroatoms. The van der Waals surface area contributed by atoms with Gasteiger partial charge in [-0.15, -0.1) is 11.8 Å². The summed E-state index contributed by atoms with van der Waals surface area (Å²) in [6, 6.07) is 14.4. The van der Waals surface area contributed by atoms with Gasteiger partial charge in [0.1, 0.15) is 18.4 Å². The highest BCUT2D eigenvalue weighted by molar-refractivity contribution is 7.99. The number of aryl methyl sites for hydroxylation is 1. The van der Waals surface area contributed by atoms with Crippen molar-refractivity contribution in [3.63, 3.8) is 0 Å². The molecule has 4 aromatic carbocycles. The Balaban J connectivity index is 1.14. The molecule has 7 aliphatic heterocycles. The van der Waals surface area contributed by atoms with E-state index in [1.807, 2.05) is 50.2 Å². The molecule has 11 rings (SSSR count). The average Bonchev–Trinajstić information content (AvgIpc) is 3.78. The van der Waals surface area contributed by atoms with Crippen molar-refractivity contribution < 1.29 is 52.6 Å². The van der Waals surface area contributed by atoms with Crippen molar-refractivity contribution in [2.45, 2.75) is 74.6 Å². The number of ether oxygens (including phenoxy) is 7. The highest BCUT2D eigenvalue weighted by atomic mass is 32.2. The van der Waals surface area contributed by atoms with Gasteiger partial charge in [-0.1, -0.05) is 36.4 Å². The van der Waals surface area contributed by atoms with Gasteiger partial charge in [0.05, 0.1) is 37.6 Å². The number of phenolic OH excluding ortho intramolecular Hbond substituents is 1. The Morgan fingerprint density at radius 3 is 2.53 bits per heavy atom. The molecule has 64 heavy (non-hydrogen) atoms. The van der Waals surface area contributed by atoms with Crippen LogP contribution < -0.4 is 39.1 Å². The Kier molecular flexibility index (Phi) is 10.5. The number of thioether (sulfide) groups is 1. The number of phenols is 1. The third-order valence-corrected chi connectivity index (χ3v) is 14.8. The van der Waals surface area contributed by atoms with Crippen molar-refractivity contribution in [2.75, 3.05) is 39.9 Å². The van der Waals surface area contributed by atoms with E-state index in [9.17, 15) is 20.0 Å². The quantitative estimate of drug-likeness (QED) is 0.124. The summed E-state index contributed by atoms with van der Waals surface area (Å²) in [6.07, 6.45) is 3.96. The van der Waals surface area contributed by atoms with Crippen LogP contribution in [0.3, 0.4) is 0 Å². The molecule has 0 radical (unpaired) electrons. The fourth-order valence-corrected chi connectivity index (χ4v) is 12.4. The Morgan fingerprint density at radius 1 is 0.984 bits per heavy atom. The van der Waals surface area contributed by atoms with Gasteiger partial charge in [-0.25, -0.2) is 9.59 Å². The SMILES string of the molecule is COc1cc2c(cc1OC(=O)C=Cc1ccccc1)CCN[C@]21CS[C@@H]2c3c(OC(C)=O)c(C)c4c(c3[C@H](COC1=O)N1C2[C@@H]2NC(Cc3cc(C)c(OC)c(O)c32)[C@@H]1C#N)OCO4. The molecular formula is C48H46N4O11S. The minimum absolute atomic E-state index is 0.00834. The van der Waals surface area contributed by atoms with Crippen LogP contribution in [0.25, 0.3) is 6.08 Å². The first-order valence-corrected chi connectivity index (χ1v) is 22.2. The number of esters is 3. The fraction of sp³-hybridized carbons (Fsp3) is 0.375. The van der Waals surface area contributed by atoms with Gasteiger partial charge in [-0.2, -0.15) is 5.26 Å². The minimum Gasteiger partial charge on any atom is -0.504 e. The average molecular weight is 887 g/mol. The maximum absolute atomic E-state index is 15.1. The molecule has 7 aliphatic rings. The maximum atomic E-state index is 15.1. The van der Waals surface area contributed by atoms with Crippen molar-refractivity contribution in [1.29, 1.82) is 5.26 Å². The van der Waals surface area contributed by atoms with Gasteiger partial charge < -0.3 is 43.6 Å². The van der Waals surface area contributed by atoms with E-state index >= 15 is 4.79 Å². The summed E-state index contributed by atoms with van der Waals surface area (Å²) in [5, 5.41) is 29.8. The van der Waals surface area contributed by atoms with Crippen LogP contribution in [0.4, 0.5) is 0 Å². The second-order valence-electron chi connectivity index (χ2n) is 16.8. The van der Waals surface area contributed by atoms with Crippen LogP contribution in [0.15, 0.2) is 54.6 Å². The lowest BCUT2D eigenvalue weighted by atomic mass is 9.72. The Morgan fingerprint density at radius 2 is 1.78 bits per heavy atom. The van der Waals surface area contributed by atoms with Crippen molar-refractivity contribution in [3.8, 4) is 46.3 Å². The lowest BCUT2D eigenvalue weighted by molar-refractivity contribution is -0.155. The maximum Gasteiger partial charge on any atom is 0.336 e. The molecular weight excluding hydrogens is 841 g/mol. The molecule has 4 bridgehead atoms. The van der Waals surface area contributed by atoms with Crippen LogP contribution in [0.1, 0.15) is 74.3 Å². The number of fused-ring (bicyclic) bond motifs is 9. The molecule has 0 aromatic heterocycles. The summed E-state index contributed by atoms with van der Waals surface area (Å²) < 4.78 is 42.3.